The Labute approximate surface area is 238 Å². The van der Waals surface area contributed by atoms with Crippen LogP contribution in [-0.4, -0.2) is 72.3 Å². The van der Waals surface area contributed by atoms with Gasteiger partial charge in [-0.3, -0.25) is 9.36 Å². The van der Waals surface area contributed by atoms with Crippen LogP contribution in [0.4, 0.5) is 22.1 Å². The molecule has 0 radical (unpaired) electrons. The van der Waals surface area contributed by atoms with Crippen LogP contribution in [0.5, 0.6) is 0 Å². The molecule has 0 spiro atoms. The molecule has 0 aliphatic carbocycles. The van der Waals surface area contributed by atoms with Crippen LogP contribution in [0.25, 0.3) is 16.9 Å². The predicted molar refractivity (Wildman–Crippen MR) is 156 cm³/mol. The lowest BCUT2D eigenvalue weighted by atomic mass is 10.1. The number of ketones is 1. The highest BCUT2D eigenvalue weighted by Gasteiger charge is 2.46. The quantitative estimate of drug-likeness (QED) is 0.338. The number of aromatic nitrogens is 5. The second kappa shape index (κ2) is 10.1. The smallest absolute Gasteiger partial charge is 0.410 e. The summed E-state index contributed by atoms with van der Waals surface area (Å²) in [6.45, 7) is 10.4. The highest BCUT2D eigenvalue weighted by molar-refractivity contribution is 5.99. The first-order valence-corrected chi connectivity index (χ1v) is 13.9. The molecule has 11 heteroatoms. The molecule has 2 aliphatic heterocycles. The van der Waals surface area contributed by atoms with Crippen molar-refractivity contribution in [1.29, 1.82) is 0 Å². The van der Waals surface area contributed by atoms with Gasteiger partial charge in [0.25, 0.3) is 0 Å². The van der Waals surface area contributed by atoms with E-state index in [-0.39, 0.29) is 24.0 Å². The minimum Gasteiger partial charge on any atom is -0.444 e. The molecule has 1 aromatic carbocycles. The molecule has 41 heavy (non-hydrogen) atoms. The third-order valence-electron chi connectivity index (χ3n) is 7.58. The van der Waals surface area contributed by atoms with Gasteiger partial charge in [-0.25, -0.2) is 14.8 Å². The van der Waals surface area contributed by atoms with E-state index in [1.807, 2.05) is 79.6 Å². The topological polar surface area (TPSA) is 118 Å². The van der Waals surface area contributed by atoms with Crippen molar-refractivity contribution in [3.63, 3.8) is 0 Å². The number of pyridine rings is 1. The van der Waals surface area contributed by atoms with Crippen molar-refractivity contribution in [3.8, 4) is 5.82 Å². The van der Waals surface area contributed by atoms with Crippen molar-refractivity contribution in [1.82, 2.24) is 29.6 Å². The van der Waals surface area contributed by atoms with Crippen LogP contribution in [0.3, 0.4) is 0 Å². The minimum atomic E-state index is -0.554. The SMILES string of the molecule is CC(=O)c1ccc(-n2cnc3ccc(Nc4ccc(C)nn4)cc32)nc1N1CC[C@H]2[C@H]1CCN2C(=O)OC(C)(C)C. The molecule has 0 bridgehead atoms. The van der Waals surface area contributed by atoms with Crippen LogP contribution in [0, 0.1) is 6.92 Å². The van der Waals surface area contributed by atoms with Gasteiger partial charge in [-0.2, -0.15) is 5.10 Å². The summed E-state index contributed by atoms with van der Waals surface area (Å²) >= 11 is 0. The zero-order valence-electron chi connectivity index (χ0n) is 24.0. The number of rotatable bonds is 5. The van der Waals surface area contributed by atoms with Gasteiger partial charge in [0.05, 0.1) is 34.4 Å². The predicted octanol–water partition coefficient (Wildman–Crippen LogP) is 5.05. The first-order valence-electron chi connectivity index (χ1n) is 13.9. The lowest BCUT2D eigenvalue weighted by molar-refractivity contribution is 0.0228. The number of aryl methyl sites for hydroxylation is 1. The molecule has 2 fully saturated rings. The van der Waals surface area contributed by atoms with Crippen molar-refractivity contribution < 1.29 is 14.3 Å². The molecule has 2 saturated heterocycles. The van der Waals surface area contributed by atoms with Crippen LogP contribution < -0.4 is 10.2 Å². The van der Waals surface area contributed by atoms with Crippen molar-refractivity contribution >= 4 is 40.2 Å². The van der Waals surface area contributed by atoms with Crippen LogP contribution >= 0.6 is 0 Å². The molecule has 212 valence electrons. The highest BCUT2D eigenvalue weighted by atomic mass is 16.6. The van der Waals surface area contributed by atoms with Gasteiger partial charge in [0.15, 0.2) is 11.6 Å². The van der Waals surface area contributed by atoms with Gasteiger partial charge in [0.2, 0.25) is 0 Å². The van der Waals surface area contributed by atoms with Gasteiger partial charge in [-0.1, -0.05) is 0 Å². The van der Waals surface area contributed by atoms with Crippen molar-refractivity contribution in [2.45, 2.75) is 65.1 Å². The molecule has 2 atom stereocenters. The van der Waals surface area contributed by atoms with E-state index in [9.17, 15) is 9.59 Å². The maximum Gasteiger partial charge on any atom is 0.410 e. The molecule has 1 amide bonds. The highest BCUT2D eigenvalue weighted by Crippen LogP contribution is 2.37. The monoisotopic (exact) mass is 554 g/mol. The van der Waals surface area contributed by atoms with E-state index in [1.165, 1.54) is 0 Å². The summed E-state index contributed by atoms with van der Waals surface area (Å²) < 4.78 is 7.59. The Kier molecular flexibility index (Phi) is 6.59. The van der Waals surface area contributed by atoms with E-state index >= 15 is 0 Å². The molecule has 3 aromatic heterocycles. The summed E-state index contributed by atoms with van der Waals surface area (Å²) in [6.07, 6.45) is 3.04. The lowest BCUT2D eigenvalue weighted by Crippen LogP contribution is -2.42. The summed E-state index contributed by atoms with van der Waals surface area (Å²) in [5.74, 6) is 1.89. The molecule has 11 nitrogen and oxygen atoms in total. The van der Waals surface area contributed by atoms with Gasteiger partial charge in [-0.05, 0) is 89.9 Å². The van der Waals surface area contributed by atoms with Gasteiger partial charge in [0, 0.05) is 18.8 Å². The molecular weight excluding hydrogens is 520 g/mol. The summed E-state index contributed by atoms with van der Waals surface area (Å²) in [5, 5.41) is 11.6. The molecule has 0 saturated carbocycles. The number of ether oxygens (including phenoxy) is 1. The second-order valence-electron chi connectivity index (χ2n) is 11.7. The molecular formula is C30H34N8O3. The molecule has 4 aromatic rings. The standard InChI is InChI=1S/C30H34N8O3/c1-18-6-10-26(35-34-18)32-20-7-9-22-25(16-20)38(17-31-22)27-11-8-21(19(2)39)28(33-27)36-14-12-24-23(36)13-15-37(24)29(40)41-30(3,4)5/h6-11,16-17,23-24H,12-15H2,1-5H3,(H,32,35)/t23-,24+/m1/s1. The third kappa shape index (κ3) is 5.19. The number of amides is 1. The summed E-state index contributed by atoms with van der Waals surface area (Å²) in [7, 11) is 0. The summed E-state index contributed by atoms with van der Waals surface area (Å²) in [5.41, 5.74) is 3.37. The number of hydrogen-bond acceptors (Lipinski definition) is 9. The molecule has 6 rings (SSSR count). The van der Waals surface area contributed by atoms with Crippen LogP contribution in [0.2, 0.25) is 0 Å². The Morgan fingerprint density at radius 1 is 1.00 bits per heavy atom. The zero-order chi connectivity index (χ0) is 28.9. The van der Waals surface area contributed by atoms with Crippen molar-refractivity contribution in [2.75, 3.05) is 23.3 Å². The average molecular weight is 555 g/mol. The van der Waals surface area contributed by atoms with E-state index in [2.05, 4.69) is 25.4 Å². The molecule has 0 unspecified atom stereocenters. The number of hydrogen-bond donors (Lipinski definition) is 1. The second-order valence-corrected chi connectivity index (χ2v) is 11.7. The maximum atomic E-state index is 12.9. The number of likely N-dealkylation sites (tertiary alicyclic amines) is 1. The van der Waals surface area contributed by atoms with E-state index < -0.39 is 5.60 Å². The Balaban J connectivity index is 1.32. The van der Waals surface area contributed by atoms with Crippen LogP contribution in [0.1, 0.15) is 56.6 Å². The number of fused-ring (bicyclic) bond motifs is 2. The Hall–Kier alpha value is -4.54. The number of nitrogens with zero attached hydrogens (tertiary/aromatic N) is 7. The number of anilines is 3. The fourth-order valence-electron chi connectivity index (χ4n) is 5.74. The minimum absolute atomic E-state index is 0.0164. The fraction of sp³-hybridized carbons (Fsp3) is 0.400. The normalized spacial score (nSPS) is 18.6. The van der Waals surface area contributed by atoms with E-state index in [4.69, 9.17) is 9.72 Å². The Morgan fingerprint density at radius 2 is 1.80 bits per heavy atom. The molecule has 5 heterocycles. The maximum absolute atomic E-state index is 12.9. The van der Waals surface area contributed by atoms with Crippen LogP contribution in [0.15, 0.2) is 48.8 Å². The van der Waals surface area contributed by atoms with Crippen molar-refractivity contribution in [3.05, 3.63) is 60.0 Å². The van der Waals surface area contributed by atoms with Gasteiger partial charge < -0.3 is 19.9 Å². The molecule has 1 N–H and O–H groups in total. The van der Waals surface area contributed by atoms with Crippen molar-refractivity contribution in [2.24, 2.45) is 0 Å². The third-order valence-corrected chi connectivity index (χ3v) is 7.58. The number of Topliss-reactive ketones (excluding diaryl/α,β-unsaturated/α-hetero) is 1. The number of imidazole rings is 1. The van der Waals surface area contributed by atoms with Gasteiger partial charge in [-0.15, -0.1) is 5.10 Å². The lowest BCUT2D eigenvalue weighted by Gasteiger charge is -2.29. The van der Waals surface area contributed by atoms with E-state index in [1.54, 1.807) is 13.3 Å². The average Bonchev–Trinajstić information content (AvgIpc) is 3.63. The zero-order valence-corrected chi connectivity index (χ0v) is 24.0. The first kappa shape index (κ1) is 26.7. The summed E-state index contributed by atoms with van der Waals surface area (Å²) in [6, 6.07) is 13.4. The number of nitrogens with one attached hydrogen (secondary N) is 1. The number of benzene rings is 1. The van der Waals surface area contributed by atoms with Crippen LogP contribution in [-0.2, 0) is 4.74 Å². The Morgan fingerprint density at radius 3 is 2.54 bits per heavy atom. The number of carbonyl (C=O) groups is 2. The Bertz CT molecular complexity index is 1630. The van der Waals surface area contributed by atoms with E-state index in [0.29, 0.717) is 36.1 Å². The first-order chi connectivity index (χ1) is 19.6. The molecule has 2 aliphatic rings. The number of carbonyl (C=O) groups excluding carboxylic acids is 2. The largest absolute Gasteiger partial charge is 0.444 e. The summed E-state index contributed by atoms with van der Waals surface area (Å²) in [4.78, 5) is 39.3. The van der Waals surface area contributed by atoms with Gasteiger partial charge in [0.1, 0.15) is 23.6 Å². The fourth-order valence-corrected chi connectivity index (χ4v) is 5.74. The van der Waals surface area contributed by atoms with E-state index in [0.717, 1.165) is 35.3 Å². The van der Waals surface area contributed by atoms with Gasteiger partial charge >= 0.3 is 6.09 Å².